The Kier molecular flexibility index (Phi) is 2.76. The van der Waals surface area contributed by atoms with Gasteiger partial charge in [0.1, 0.15) is 5.82 Å². The second kappa shape index (κ2) is 4.42. The van der Waals surface area contributed by atoms with E-state index in [4.69, 9.17) is 0 Å². The van der Waals surface area contributed by atoms with Crippen LogP contribution < -0.4 is 5.32 Å². The molecule has 1 aromatic carbocycles. The van der Waals surface area contributed by atoms with Crippen molar-refractivity contribution in [2.75, 3.05) is 5.32 Å². The van der Waals surface area contributed by atoms with Gasteiger partial charge in [0.2, 0.25) is 0 Å². The topological polar surface area (TPSA) is 29.3 Å². The van der Waals surface area contributed by atoms with Gasteiger partial charge in [-0.3, -0.25) is 4.40 Å². The van der Waals surface area contributed by atoms with Crippen LogP contribution in [0.1, 0.15) is 11.3 Å². The van der Waals surface area contributed by atoms with Crippen molar-refractivity contribution in [2.45, 2.75) is 13.5 Å². The number of benzene rings is 1. The van der Waals surface area contributed by atoms with Crippen LogP contribution in [0, 0.1) is 12.7 Å². The van der Waals surface area contributed by atoms with E-state index in [0.717, 1.165) is 16.2 Å². The molecule has 5 heteroatoms. The Labute approximate surface area is 108 Å². The fourth-order valence-corrected chi connectivity index (χ4v) is 2.53. The SMILES string of the molecule is Cc1ccc(NCc2cn3ccsc3n2)c(F)c1. The molecular formula is C13H12FN3S. The minimum Gasteiger partial charge on any atom is -0.377 e. The molecule has 0 amide bonds. The number of aryl methyl sites for hydroxylation is 1. The number of nitrogens with zero attached hydrogens (tertiary/aromatic N) is 2. The van der Waals surface area contributed by atoms with Gasteiger partial charge in [-0.15, -0.1) is 11.3 Å². The summed E-state index contributed by atoms with van der Waals surface area (Å²) in [6, 6.07) is 5.16. The summed E-state index contributed by atoms with van der Waals surface area (Å²) in [7, 11) is 0. The second-order valence-electron chi connectivity index (χ2n) is 4.16. The van der Waals surface area contributed by atoms with Gasteiger partial charge < -0.3 is 5.32 Å². The molecule has 3 nitrogen and oxygen atoms in total. The number of imidazole rings is 1. The third-order valence-electron chi connectivity index (χ3n) is 2.73. The highest BCUT2D eigenvalue weighted by molar-refractivity contribution is 7.15. The molecule has 0 saturated carbocycles. The quantitative estimate of drug-likeness (QED) is 0.782. The summed E-state index contributed by atoms with van der Waals surface area (Å²) in [5.41, 5.74) is 2.33. The molecule has 18 heavy (non-hydrogen) atoms. The number of halogens is 1. The lowest BCUT2D eigenvalue weighted by molar-refractivity contribution is 0.629. The van der Waals surface area contributed by atoms with Crippen LogP contribution in [-0.4, -0.2) is 9.38 Å². The Morgan fingerprint density at radius 1 is 1.44 bits per heavy atom. The predicted molar refractivity (Wildman–Crippen MR) is 71.5 cm³/mol. The van der Waals surface area contributed by atoms with Crippen LogP contribution >= 0.6 is 11.3 Å². The van der Waals surface area contributed by atoms with Crippen LogP contribution in [-0.2, 0) is 6.54 Å². The molecule has 0 saturated heterocycles. The molecule has 2 heterocycles. The van der Waals surface area contributed by atoms with Crippen molar-refractivity contribution in [1.82, 2.24) is 9.38 Å². The summed E-state index contributed by atoms with van der Waals surface area (Å²) >= 11 is 1.58. The lowest BCUT2D eigenvalue weighted by Gasteiger charge is -2.06. The van der Waals surface area contributed by atoms with Gasteiger partial charge in [-0.05, 0) is 24.6 Å². The highest BCUT2D eigenvalue weighted by Gasteiger charge is 2.05. The molecule has 0 spiro atoms. The van der Waals surface area contributed by atoms with Crippen molar-refractivity contribution in [3.05, 3.63) is 53.0 Å². The Morgan fingerprint density at radius 3 is 3.11 bits per heavy atom. The maximum atomic E-state index is 13.6. The minimum absolute atomic E-state index is 0.226. The monoisotopic (exact) mass is 261 g/mol. The standard InChI is InChI=1S/C13H12FN3S/c1-9-2-3-12(11(14)6-9)15-7-10-8-17-4-5-18-13(17)16-10/h2-6,8,15H,7H2,1H3. The Hall–Kier alpha value is -1.88. The first-order chi connectivity index (χ1) is 8.72. The number of thiazole rings is 1. The van der Waals surface area contributed by atoms with E-state index in [1.807, 2.05) is 35.2 Å². The van der Waals surface area contributed by atoms with Crippen LogP contribution in [0.5, 0.6) is 0 Å². The summed E-state index contributed by atoms with van der Waals surface area (Å²) < 4.78 is 15.6. The number of fused-ring (bicyclic) bond motifs is 1. The molecule has 1 N–H and O–H groups in total. The summed E-state index contributed by atoms with van der Waals surface area (Å²) in [5, 5.41) is 5.05. The maximum absolute atomic E-state index is 13.6. The van der Waals surface area contributed by atoms with E-state index in [9.17, 15) is 4.39 Å². The third kappa shape index (κ3) is 2.09. The predicted octanol–water partition coefficient (Wildman–Crippen LogP) is 3.46. The van der Waals surface area contributed by atoms with E-state index in [-0.39, 0.29) is 5.82 Å². The van der Waals surface area contributed by atoms with Crippen LogP contribution in [0.4, 0.5) is 10.1 Å². The Balaban J connectivity index is 1.76. The lowest BCUT2D eigenvalue weighted by atomic mass is 10.2. The number of hydrogen-bond acceptors (Lipinski definition) is 3. The molecule has 0 radical (unpaired) electrons. The maximum Gasteiger partial charge on any atom is 0.193 e. The molecule has 3 aromatic rings. The third-order valence-corrected chi connectivity index (χ3v) is 3.50. The lowest BCUT2D eigenvalue weighted by Crippen LogP contribution is -2.01. The highest BCUT2D eigenvalue weighted by Crippen LogP contribution is 2.17. The molecule has 92 valence electrons. The van der Waals surface area contributed by atoms with E-state index in [0.29, 0.717) is 12.2 Å². The first-order valence-electron chi connectivity index (χ1n) is 5.63. The average molecular weight is 261 g/mol. The van der Waals surface area contributed by atoms with Crippen LogP contribution in [0.3, 0.4) is 0 Å². The first kappa shape index (κ1) is 11.2. The molecule has 0 aliphatic heterocycles. The summed E-state index contributed by atoms with van der Waals surface area (Å²) in [4.78, 5) is 5.39. The smallest absolute Gasteiger partial charge is 0.193 e. The van der Waals surface area contributed by atoms with Crippen molar-refractivity contribution >= 4 is 22.0 Å². The molecule has 0 aliphatic rings. The van der Waals surface area contributed by atoms with Gasteiger partial charge in [0, 0.05) is 17.8 Å². The highest BCUT2D eigenvalue weighted by atomic mass is 32.1. The number of hydrogen-bond donors (Lipinski definition) is 1. The molecule has 0 bridgehead atoms. The molecule has 0 unspecified atom stereocenters. The molecule has 3 rings (SSSR count). The number of rotatable bonds is 3. The normalized spacial score (nSPS) is 11.0. The zero-order valence-electron chi connectivity index (χ0n) is 9.85. The van der Waals surface area contributed by atoms with E-state index in [1.165, 1.54) is 6.07 Å². The van der Waals surface area contributed by atoms with Gasteiger partial charge in [0.05, 0.1) is 17.9 Å². The number of aromatic nitrogens is 2. The van der Waals surface area contributed by atoms with E-state index >= 15 is 0 Å². The van der Waals surface area contributed by atoms with Gasteiger partial charge in [-0.1, -0.05) is 6.07 Å². The molecule has 0 fully saturated rings. The largest absolute Gasteiger partial charge is 0.377 e. The van der Waals surface area contributed by atoms with Crippen molar-refractivity contribution in [1.29, 1.82) is 0 Å². The first-order valence-corrected chi connectivity index (χ1v) is 6.51. The van der Waals surface area contributed by atoms with E-state index < -0.39 is 0 Å². The Morgan fingerprint density at radius 2 is 2.33 bits per heavy atom. The Bertz CT molecular complexity index is 658. The summed E-state index contributed by atoms with van der Waals surface area (Å²) in [6.07, 6.45) is 3.91. The van der Waals surface area contributed by atoms with Gasteiger partial charge in [0.25, 0.3) is 0 Å². The molecular weight excluding hydrogens is 249 g/mol. The zero-order valence-corrected chi connectivity index (χ0v) is 10.7. The second-order valence-corrected chi connectivity index (χ2v) is 5.03. The van der Waals surface area contributed by atoms with Gasteiger partial charge in [-0.25, -0.2) is 9.37 Å². The summed E-state index contributed by atoms with van der Waals surface area (Å²) in [5.74, 6) is -0.226. The molecule has 0 aliphatic carbocycles. The van der Waals surface area contributed by atoms with Crippen LogP contribution in [0.15, 0.2) is 36.0 Å². The van der Waals surface area contributed by atoms with Crippen LogP contribution in [0.2, 0.25) is 0 Å². The molecule has 2 aromatic heterocycles. The van der Waals surface area contributed by atoms with Crippen molar-refractivity contribution in [3.63, 3.8) is 0 Å². The minimum atomic E-state index is -0.226. The van der Waals surface area contributed by atoms with Crippen LogP contribution in [0.25, 0.3) is 4.96 Å². The number of nitrogens with one attached hydrogen (secondary N) is 1. The van der Waals surface area contributed by atoms with Gasteiger partial charge >= 0.3 is 0 Å². The summed E-state index contributed by atoms with van der Waals surface area (Å²) in [6.45, 7) is 2.39. The average Bonchev–Trinajstić information content (AvgIpc) is 2.88. The fraction of sp³-hybridized carbons (Fsp3) is 0.154. The fourth-order valence-electron chi connectivity index (χ4n) is 1.81. The van der Waals surface area contributed by atoms with Crippen molar-refractivity contribution in [2.24, 2.45) is 0 Å². The van der Waals surface area contributed by atoms with Crippen molar-refractivity contribution < 1.29 is 4.39 Å². The zero-order chi connectivity index (χ0) is 12.5. The molecule has 0 atom stereocenters. The van der Waals surface area contributed by atoms with Gasteiger partial charge in [0.15, 0.2) is 4.96 Å². The van der Waals surface area contributed by atoms with Gasteiger partial charge in [-0.2, -0.15) is 0 Å². The van der Waals surface area contributed by atoms with E-state index in [1.54, 1.807) is 17.4 Å². The van der Waals surface area contributed by atoms with Crippen molar-refractivity contribution in [3.8, 4) is 0 Å². The number of anilines is 1. The van der Waals surface area contributed by atoms with E-state index in [2.05, 4.69) is 10.3 Å².